The number of halogens is 1. The molecule has 1 aliphatic heterocycles. The monoisotopic (exact) mass is 523 g/mol. The van der Waals surface area contributed by atoms with Crippen molar-refractivity contribution < 1.29 is 47.2 Å². The molecule has 0 bridgehead atoms. The van der Waals surface area contributed by atoms with E-state index in [9.17, 15) is 19.2 Å². The second kappa shape index (κ2) is 11.2. The number of rotatable bonds is 8. The van der Waals surface area contributed by atoms with Gasteiger partial charge >= 0.3 is 17.6 Å². The smallest absolute Gasteiger partial charge is 0.351 e. The topological polar surface area (TPSA) is 154 Å². The van der Waals surface area contributed by atoms with Gasteiger partial charge in [-0.15, -0.1) is 0 Å². The van der Waals surface area contributed by atoms with Gasteiger partial charge in [-0.2, -0.15) is 4.98 Å². The number of benzene rings is 1. The highest BCUT2D eigenvalue weighted by atomic mass is 19.1. The number of ether oxygens (including phenoxy) is 6. The van der Waals surface area contributed by atoms with Crippen molar-refractivity contribution in [2.75, 3.05) is 26.6 Å². The number of hydrogen-bond acceptors (Lipinski definition) is 11. The summed E-state index contributed by atoms with van der Waals surface area (Å²) in [5, 5.41) is 2.23. The highest BCUT2D eigenvalue weighted by Gasteiger charge is 2.48. The SMILES string of the molecule is COc1cc(C(=O)Nc2nc(=O)n([C@@H]3O[C@H](C)C(OC(C)=O)C3OC(C)=O)cc2F)cc(OC)c1OC. The highest BCUT2D eigenvalue weighted by molar-refractivity contribution is 6.04. The van der Waals surface area contributed by atoms with Gasteiger partial charge in [-0.05, 0) is 19.1 Å². The van der Waals surface area contributed by atoms with Crippen LogP contribution in [0.2, 0.25) is 0 Å². The van der Waals surface area contributed by atoms with Crippen LogP contribution in [0.3, 0.4) is 0 Å². The van der Waals surface area contributed by atoms with Crippen LogP contribution in [0, 0.1) is 5.82 Å². The van der Waals surface area contributed by atoms with Gasteiger partial charge in [0.05, 0.1) is 33.6 Å². The van der Waals surface area contributed by atoms with Crippen molar-refractivity contribution in [3.63, 3.8) is 0 Å². The Morgan fingerprint density at radius 1 is 1.00 bits per heavy atom. The molecule has 4 atom stereocenters. The number of amides is 1. The van der Waals surface area contributed by atoms with Gasteiger partial charge in [0.15, 0.2) is 41.6 Å². The molecule has 1 aromatic heterocycles. The number of nitrogens with one attached hydrogen (secondary N) is 1. The number of aromatic nitrogens is 2. The lowest BCUT2D eigenvalue weighted by molar-refractivity contribution is -0.165. The summed E-state index contributed by atoms with van der Waals surface area (Å²) in [6.07, 6.45) is -3.72. The maximum atomic E-state index is 15.0. The van der Waals surface area contributed by atoms with Crippen molar-refractivity contribution in [2.24, 2.45) is 0 Å². The fraction of sp³-hybridized carbons (Fsp3) is 0.435. The number of anilines is 1. The molecule has 37 heavy (non-hydrogen) atoms. The van der Waals surface area contributed by atoms with E-state index in [4.69, 9.17) is 28.4 Å². The number of carbonyl (C=O) groups is 3. The largest absolute Gasteiger partial charge is 0.493 e. The molecule has 14 heteroatoms. The average molecular weight is 523 g/mol. The van der Waals surface area contributed by atoms with Crippen LogP contribution in [0.15, 0.2) is 23.1 Å². The molecule has 0 spiro atoms. The second-order valence-corrected chi connectivity index (χ2v) is 7.88. The molecule has 1 amide bonds. The summed E-state index contributed by atoms with van der Waals surface area (Å²) in [6, 6.07) is 2.67. The molecule has 0 aliphatic carbocycles. The van der Waals surface area contributed by atoms with Crippen LogP contribution in [-0.2, 0) is 23.8 Å². The number of nitrogens with zero attached hydrogens (tertiary/aromatic N) is 2. The van der Waals surface area contributed by atoms with Crippen molar-refractivity contribution in [3.05, 3.63) is 40.2 Å². The molecule has 0 saturated carbocycles. The molecular weight excluding hydrogens is 497 g/mol. The van der Waals surface area contributed by atoms with E-state index in [1.54, 1.807) is 0 Å². The number of methoxy groups -OCH3 is 3. The maximum Gasteiger partial charge on any atom is 0.351 e. The standard InChI is InChI=1S/C23H26FN3O10/c1-10-17(36-11(2)28)19(37-12(3)29)22(35-10)27-9-14(24)20(26-23(27)31)25-21(30)13-7-15(32-4)18(34-6)16(8-13)33-5/h7-10,17,19,22H,1-6H3,(H,25,26,30,31)/t10-,17?,19?,22-/m1/s1. The molecule has 2 aromatic rings. The van der Waals surface area contributed by atoms with E-state index < -0.39 is 59.7 Å². The minimum Gasteiger partial charge on any atom is -0.493 e. The van der Waals surface area contributed by atoms with E-state index in [-0.39, 0.29) is 22.8 Å². The van der Waals surface area contributed by atoms with Crippen molar-refractivity contribution in [1.82, 2.24) is 9.55 Å². The van der Waals surface area contributed by atoms with Crippen molar-refractivity contribution in [3.8, 4) is 17.2 Å². The van der Waals surface area contributed by atoms with Crippen LogP contribution in [0.25, 0.3) is 0 Å². The summed E-state index contributed by atoms with van der Waals surface area (Å²) in [4.78, 5) is 52.4. The lowest BCUT2D eigenvalue weighted by Crippen LogP contribution is -2.40. The van der Waals surface area contributed by atoms with Crippen LogP contribution in [0.5, 0.6) is 17.2 Å². The molecule has 0 radical (unpaired) electrons. The number of esters is 2. The summed E-state index contributed by atoms with van der Waals surface area (Å²) in [7, 11) is 4.12. The second-order valence-electron chi connectivity index (χ2n) is 7.88. The number of hydrogen-bond donors (Lipinski definition) is 1. The molecule has 1 N–H and O–H groups in total. The molecule has 1 fully saturated rings. The summed E-state index contributed by atoms with van der Waals surface area (Å²) in [6.45, 7) is 3.81. The third kappa shape index (κ3) is 5.80. The summed E-state index contributed by atoms with van der Waals surface area (Å²) in [5.41, 5.74) is -1.02. The van der Waals surface area contributed by atoms with Crippen LogP contribution < -0.4 is 25.2 Å². The van der Waals surface area contributed by atoms with Gasteiger partial charge in [0.25, 0.3) is 5.91 Å². The Morgan fingerprint density at radius 3 is 2.08 bits per heavy atom. The van der Waals surface area contributed by atoms with E-state index in [2.05, 4.69) is 10.3 Å². The normalized spacial score (nSPS) is 20.6. The van der Waals surface area contributed by atoms with Gasteiger partial charge in [-0.3, -0.25) is 19.0 Å². The average Bonchev–Trinajstić information content (AvgIpc) is 3.13. The Balaban J connectivity index is 1.92. The highest BCUT2D eigenvalue weighted by Crippen LogP contribution is 2.38. The fourth-order valence-corrected chi connectivity index (χ4v) is 3.81. The van der Waals surface area contributed by atoms with E-state index in [0.29, 0.717) is 0 Å². The minimum atomic E-state index is -1.35. The molecule has 1 aromatic carbocycles. The zero-order chi connectivity index (χ0) is 27.4. The molecule has 2 unspecified atom stereocenters. The predicted octanol–water partition coefficient (Wildman–Crippen LogP) is 1.44. The Hall–Kier alpha value is -4.20. The first kappa shape index (κ1) is 27.4. The summed E-state index contributed by atoms with van der Waals surface area (Å²) >= 11 is 0. The molecule has 1 aliphatic rings. The van der Waals surface area contributed by atoms with Crippen LogP contribution in [0.1, 0.15) is 37.4 Å². The van der Waals surface area contributed by atoms with E-state index >= 15 is 4.39 Å². The Labute approximate surface area is 210 Å². The molecule has 13 nitrogen and oxygen atoms in total. The minimum absolute atomic E-state index is 0.00646. The number of carbonyl (C=O) groups excluding carboxylic acids is 3. The van der Waals surface area contributed by atoms with Crippen LogP contribution >= 0.6 is 0 Å². The summed E-state index contributed by atoms with van der Waals surface area (Å²) < 4.78 is 47.4. The van der Waals surface area contributed by atoms with Gasteiger partial charge in [-0.1, -0.05) is 0 Å². The lowest BCUT2D eigenvalue weighted by Gasteiger charge is -2.23. The van der Waals surface area contributed by atoms with Crippen LogP contribution in [-0.4, -0.2) is 67.0 Å². The maximum absolute atomic E-state index is 15.0. The zero-order valence-electron chi connectivity index (χ0n) is 20.9. The quantitative estimate of drug-likeness (QED) is 0.500. The van der Waals surface area contributed by atoms with Crippen molar-refractivity contribution in [1.29, 1.82) is 0 Å². The molecule has 200 valence electrons. The van der Waals surface area contributed by atoms with Gasteiger partial charge < -0.3 is 33.7 Å². The fourth-order valence-electron chi connectivity index (χ4n) is 3.81. The van der Waals surface area contributed by atoms with Gasteiger partial charge in [0, 0.05) is 19.4 Å². The third-order valence-corrected chi connectivity index (χ3v) is 5.37. The molecule has 2 heterocycles. The van der Waals surface area contributed by atoms with Gasteiger partial charge in [0.1, 0.15) is 0 Å². The lowest BCUT2D eigenvalue weighted by atomic mass is 10.1. The van der Waals surface area contributed by atoms with Crippen LogP contribution in [0.4, 0.5) is 10.2 Å². The van der Waals surface area contributed by atoms with E-state index in [1.165, 1.54) is 40.4 Å². The Morgan fingerprint density at radius 2 is 1.57 bits per heavy atom. The first-order valence-corrected chi connectivity index (χ1v) is 10.9. The van der Waals surface area contributed by atoms with Gasteiger partial charge in [0.2, 0.25) is 5.75 Å². The van der Waals surface area contributed by atoms with E-state index in [1.807, 2.05) is 0 Å². The first-order chi connectivity index (χ1) is 17.5. The Bertz CT molecular complexity index is 1240. The van der Waals surface area contributed by atoms with E-state index in [0.717, 1.165) is 24.6 Å². The molecular formula is C23H26FN3O10. The van der Waals surface area contributed by atoms with Crippen molar-refractivity contribution in [2.45, 2.75) is 45.3 Å². The molecule has 1 saturated heterocycles. The van der Waals surface area contributed by atoms with Crippen molar-refractivity contribution >= 4 is 23.7 Å². The first-order valence-electron chi connectivity index (χ1n) is 10.9. The van der Waals surface area contributed by atoms with Gasteiger partial charge in [-0.25, -0.2) is 9.18 Å². The molecule has 3 rings (SSSR count). The Kier molecular flexibility index (Phi) is 8.32. The summed E-state index contributed by atoms with van der Waals surface area (Å²) in [5.74, 6) is -3.36. The third-order valence-electron chi connectivity index (χ3n) is 5.37. The predicted molar refractivity (Wildman–Crippen MR) is 123 cm³/mol. The zero-order valence-corrected chi connectivity index (χ0v) is 20.9.